The van der Waals surface area contributed by atoms with Gasteiger partial charge >= 0.3 is 0 Å². The first-order chi connectivity index (χ1) is 17.9. The molecule has 37 heavy (non-hydrogen) atoms. The van der Waals surface area contributed by atoms with E-state index in [4.69, 9.17) is 4.74 Å². The van der Waals surface area contributed by atoms with E-state index in [9.17, 15) is 9.59 Å². The van der Waals surface area contributed by atoms with Gasteiger partial charge in [0.25, 0.3) is 11.8 Å². The van der Waals surface area contributed by atoms with Crippen molar-refractivity contribution < 1.29 is 14.3 Å². The number of nitrogens with zero attached hydrogens (tertiary/aromatic N) is 2. The molecule has 2 aliphatic heterocycles. The van der Waals surface area contributed by atoms with E-state index in [1.165, 1.54) is 0 Å². The van der Waals surface area contributed by atoms with Crippen LogP contribution in [0.25, 0.3) is 11.3 Å². The van der Waals surface area contributed by atoms with Gasteiger partial charge in [-0.25, -0.2) is 0 Å². The summed E-state index contributed by atoms with van der Waals surface area (Å²) in [5.41, 5.74) is 7.41. The van der Waals surface area contributed by atoms with Crippen molar-refractivity contribution in [2.24, 2.45) is 0 Å². The molecular formula is C30H32N4O3. The van der Waals surface area contributed by atoms with Crippen LogP contribution in [0.15, 0.2) is 66.7 Å². The smallest absolute Gasteiger partial charge is 0.258 e. The van der Waals surface area contributed by atoms with Crippen molar-refractivity contribution in [1.82, 2.24) is 9.80 Å². The molecule has 0 saturated carbocycles. The summed E-state index contributed by atoms with van der Waals surface area (Å²) in [7, 11) is 3.74. The van der Waals surface area contributed by atoms with E-state index in [1.807, 2.05) is 78.6 Å². The summed E-state index contributed by atoms with van der Waals surface area (Å²) in [6, 6.07) is 21.3. The zero-order valence-electron chi connectivity index (χ0n) is 21.5. The third-order valence-electron chi connectivity index (χ3n) is 7.02. The number of benzene rings is 3. The van der Waals surface area contributed by atoms with Crippen molar-refractivity contribution in [2.45, 2.75) is 13.5 Å². The van der Waals surface area contributed by atoms with Crippen molar-refractivity contribution in [3.05, 3.63) is 94.5 Å². The highest BCUT2D eigenvalue weighted by atomic mass is 16.5. The Morgan fingerprint density at radius 2 is 1.68 bits per heavy atom. The van der Waals surface area contributed by atoms with Crippen LogP contribution in [0.4, 0.5) is 11.4 Å². The number of carbonyl (C=O) groups excluding carboxylic acids is 2. The van der Waals surface area contributed by atoms with Crippen LogP contribution in [0.2, 0.25) is 0 Å². The number of carbonyl (C=O) groups is 2. The van der Waals surface area contributed by atoms with Gasteiger partial charge in [0.15, 0.2) is 0 Å². The van der Waals surface area contributed by atoms with Crippen LogP contribution < -0.4 is 10.6 Å². The monoisotopic (exact) mass is 496 g/mol. The first-order valence-electron chi connectivity index (χ1n) is 12.5. The fourth-order valence-electron chi connectivity index (χ4n) is 4.85. The first kappa shape index (κ1) is 24.7. The molecule has 2 N–H and O–H groups in total. The lowest BCUT2D eigenvalue weighted by atomic mass is 9.96. The highest BCUT2D eigenvalue weighted by Crippen LogP contribution is 2.39. The normalized spacial score (nSPS) is 16.8. The molecule has 0 atom stereocenters. The number of amides is 2. The Hall–Kier alpha value is -3.94. The summed E-state index contributed by atoms with van der Waals surface area (Å²) >= 11 is 0. The lowest BCUT2D eigenvalue weighted by Gasteiger charge is -2.32. The maximum atomic E-state index is 13.3. The molecule has 1 fully saturated rings. The molecule has 5 rings (SSSR count). The predicted octanol–water partition coefficient (Wildman–Crippen LogP) is 4.46. The molecule has 0 aliphatic carbocycles. The minimum atomic E-state index is -0.155. The number of ether oxygens (including phenoxy) is 1. The average molecular weight is 497 g/mol. The number of rotatable bonds is 6. The number of piperazine rings is 1. The standard InChI is InChI=1S/C30H32N4O3/c1-20-17-25-26(18-23(20)19-37-3)32-29(35)27(25)28(21-7-5-4-6-8-21)31-24-11-9-22(10-12-24)30(36)34-15-13-33(2)14-16-34/h4-12,17-18,31H,13-16,19H2,1-3H3,(H,32,35)/b28-27-. The Balaban J connectivity index is 1.48. The average Bonchev–Trinajstić information content (AvgIpc) is 3.22. The summed E-state index contributed by atoms with van der Waals surface area (Å²) in [4.78, 5) is 30.4. The van der Waals surface area contributed by atoms with Crippen LogP contribution in [-0.4, -0.2) is 62.0 Å². The van der Waals surface area contributed by atoms with Crippen LogP contribution in [0.5, 0.6) is 0 Å². The number of anilines is 2. The van der Waals surface area contributed by atoms with Gasteiger partial charge in [-0.05, 0) is 67.1 Å². The molecule has 2 aliphatic rings. The second-order valence-electron chi connectivity index (χ2n) is 9.63. The molecule has 3 aromatic rings. The number of hydrogen-bond donors (Lipinski definition) is 2. The van der Waals surface area contributed by atoms with Gasteiger partial charge in [0.2, 0.25) is 0 Å². The molecule has 0 spiro atoms. The quantitative estimate of drug-likeness (QED) is 0.493. The molecule has 3 aromatic carbocycles. The van der Waals surface area contributed by atoms with Crippen LogP contribution >= 0.6 is 0 Å². The topological polar surface area (TPSA) is 73.9 Å². The van der Waals surface area contributed by atoms with E-state index < -0.39 is 0 Å². The Labute approximate surface area is 217 Å². The Kier molecular flexibility index (Phi) is 7.08. The Bertz CT molecular complexity index is 1340. The highest BCUT2D eigenvalue weighted by molar-refractivity contribution is 6.37. The number of aryl methyl sites for hydroxylation is 1. The lowest BCUT2D eigenvalue weighted by molar-refractivity contribution is -0.110. The van der Waals surface area contributed by atoms with Crippen molar-refractivity contribution in [1.29, 1.82) is 0 Å². The summed E-state index contributed by atoms with van der Waals surface area (Å²) in [6.07, 6.45) is 0. The second-order valence-corrected chi connectivity index (χ2v) is 9.63. The van der Waals surface area contributed by atoms with Gasteiger partial charge in [-0.2, -0.15) is 0 Å². The predicted molar refractivity (Wildman–Crippen MR) is 147 cm³/mol. The third-order valence-corrected chi connectivity index (χ3v) is 7.02. The lowest BCUT2D eigenvalue weighted by Crippen LogP contribution is -2.47. The van der Waals surface area contributed by atoms with Crippen molar-refractivity contribution in [3.8, 4) is 0 Å². The van der Waals surface area contributed by atoms with Crippen molar-refractivity contribution in [2.75, 3.05) is 51.0 Å². The van der Waals surface area contributed by atoms with Gasteiger partial charge in [0, 0.05) is 55.8 Å². The summed E-state index contributed by atoms with van der Waals surface area (Å²) in [5.74, 6) is -0.107. The van der Waals surface area contributed by atoms with Gasteiger partial charge < -0.3 is 25.2 Å². The zero-order valence-corrected chi connectivity index (χ0v) is 21.5. The Morgan fingerprint density at radius 3 is 2.35 bits per heavy atom. The largest absolute Gasteiger partial charge is 0.380 e. The first-order valence-corrected chi connectivity index (χ1v) is 12.5. The van der Waals surface area contributed by atoms with Crippen LogP contribution in [0, 0.1) is 6.92 Å². The minimum Gasteiger partial charge on any atom is -0.380 e. The molecule has 1 saturated heterocycles. The Morgan fingerprint density at radius 1 is 0.973 bits per heavy atom. The van der Waals surface area contributed by atoms with Crippen molar-refractivity contribution >= 4 is 34.5 Å². The number of likely N-dealkylation sites (N-methyl/N-ethyl adjacent to an activating group) is 1. The molecule has 0 bridgehead atoms. The van der Waals surface area contributed by atoms with Gasteiger partial charge in [0.05, 0.1) is 17.9 Å². The summed E-state index contributed by atoms with van der Waals surface area (Å²) < 4.78 is 5.32. The number of nitrogens with one attached hydrogen (secondary N) is 2. The SMILES string of the molecule is COCc1cc2c(cc1C)/C(=C(/Nc1ccc(C(=O)N3CCN(C)CC3)cc1)c1ccccc1)C(=O)N2. The molecule has 0 unspecified atom stereocenters. The summed E-state index contributed by atoms with van der Waals surface area (Å²) in [5, 5.41) is 6.51. The molecule has 7 heteroatoms. The zero-order chi connectivity index (χ0) is 25.9. The maximum Gasteiger partial charge on any atom is 0.258 e. The fourth-order valence-corrected chi connectivity index (χ4v) is 4.85. The molecule has 7 nitrogen and oxygen atoms in total. The highest BCUT2D eigenvalue weighted by Gasteiger charge is 2.29. The third kappa shape index (κ3) is 5.14. The molecule has 2 heterocycles. The van der Waals surface area contributed by atoms with E-state index in [2.05, 4.69) is 22.6 Å². The van der Waals surface area contributed by atoms with Crippen LogP contribution in [0.3, 0.4) is 0 Å². The summed E-state index contributed by atoms with van der Waals surface area (Å²) in [6.45, 7) is 5.75. The molecule has 2 amide bonds. The van der Waals surface area contributed by atoms with Gasteiger partial charge in [-0.3, -0.25) is 9.59 Å². The maximum absolute atomic E-state index is 13.3. The van der Waals surface area contributed by atoms with E-state index in [0.717, 1.165) is 59.8 Å². The molecule has 0 radical (unpaired) electrons. The van der Waals surface area contributed by atoms with E-state index >= 15 is 0 Å². The number of hydrogen-bond acceptors (Lipinski definition) is 5. The molecule has 0 aromatic heterocycles. The van der Waals surface area contributed by atoms with Crippen molar-refractivity contribution in [3.63, 3.8) is 0 Å². The van der Waals surface area contributed by atoms with Gasteiger partial charge in [-0.1, -0.05) is 30.3 Å². The minimum absolute atomic E-state index is 0.0488. The van der Waals surface area contributed by atoms with E-state index in [0.29, 0.717) is 23.4 Å². The van der Waals surface area contributed by atoms with Crippen LogP contribution in [0.1, 0.15) is 32.6 Å². The van der Waals surface area contributed by atoms with E-state index in [-0.39, 0.29) is 11.8 Å². The number of methoxy groups -OCH3 is 1. The van der Waals surface area contributed by atoms with Gasteiger partial charge in [0.1, 0.15) is 0 Å². The second kappa shape index (κ2) is 10.6. The fraction of sp³-hybridized carbons (Fsp3) is 0.267. The van der Waals surface area contributed by atoms with E-state index in [1.54, 1.807) is 7.11 Å². The number of fused-ring (bicyclic) bond motifs is 1. The van der Waals surface area contributed by atoms with Crippen LogP contribution in [-0.2, 0) is 16.1 Å². The van der Waals surface area contributed by atoms with Gasteiger partial charge in [-0.15, -0.1) is 0 Å². The molecular weight excluding hydrogens is 464 g/mol. The molecule has 190 valence electrons.